The molecule has 0 aromatic carbocycles. The summed E-state index contributed by atoms with van der Waals surface area (Å²) in [4.78, 5) is 2.65. The number of methoxy groups -OCH3 is 1. The van der Waals surface area contributed by atoms with E-state index in [1.807, 2.05) is 0 Å². The fourth-order valence-corrected chi connectivity index (χ4v) is 3.66. The predicted molar refractivity (Wildman–Crippen MR) is 80.5 cm³/mol. The van der Waals surface area contributed by atoms with Crippen LogP contribution in [0.1, 0.15) is 39.0 Å². The third kappa shape index (κ3) is 4.30. The molecule has 0 radical (unpaired) electrons. The van der Waals surface area contributed by atoms with E-state index >= 15 is 0 Å². The Hall–Kier alpha value is -0.380. The van der Waals surface area contributed by atoms with E-state index in [4.69, 9.17) is 4.74 Å². The standard InChI is InChI=1S/C16H30N2O/c1-3-6-16(7-9-17-10-8-16)14-18-11-4-15(5-12-18)13-19-2/h4,17H,3,5-14H2,1-2H3. The van der Waals surface area contributed by atoms with E-state index < -0.39 is 0 Å². The molecule has 0 atom stereocenters. The molecule has 2 aliphatic heterocycles. The number of hydrogen-bond acceptors (Lipinski definition) is 3. The predicted octanol–water partition coefficient (Wildman–Crippen LogP) is 2.43. The van der Waals surface area contributed by atoms with Crippen molar-refractivity contribution in [3.63, 3.8) is 0 Å². The van der Waals surface area contributed by atoms with Crippen LogP contribution < -0.4 is 5.32 Å². The smallest absolute Gasteiger partial charge is 0.0673 e. The number of hydrogen-bond donors (Lipinski definition) is 1. The molecule has 0 aliphatic carbocycles. The summed E-state index contributed by atoms with van der Waals surface area (Å²) in [7, 11) is 1.79. The highest BCUT2D eigenvalue weighted by Gasteiger charge is 2.33. The average molecular weight is 266 g/mol. The van der Waals surface area contributed by atoms with Crippen LogP contribution >= 0.6 is 0 Å². The molecule has 2 rings (SSSR count). The summed E-state index contributed by atoms with van der Waals surface area (Å²) in [6, 6.07) is 0. The van der Waals surface area contributed by atoms with Gasteiger partial charge in [-0.25, -0.2) is 0 Å². The van der Waals surface area contributed by atoms with Crippen LogP contribution in [0.3, 0.4) is 0 Å². The highest BCUT2D eigenvalue weighted by molar-refractivity contribution is 5.08. The third-order valence-corrected chi connectivity index (χ3v) is 4.72. The molecule has 0 saturated carbocycles. The van der Waals surface area contributed by atoms with Crippen LogP contribution in [-0.4, -0.2) is 51.3 Å². The van der Waals surface area contributed by atoms with E-state index in [0.29, 0.717) is 5.41 Å². The van der Waals surface area contributed by atoms with E-state index in [0.717, 1.165) is 13.2 Å². The fourth-order valence-electron chi connectivity index (χ4n) is 3.66. The van der Waals surface area contributed by atoms with Gasteiger partial charge in [0.2, 0.25) is 0 Å². The number of rotatable bonds is 6. The van der Waals surface area contributed by atoms with Crippen LogP contribution in [-0.2, 0) is 4.74 Å². The van der Waals surface area contributed by atoms with Crippen molar-refractivity contribution >= 4 is 0 Å². The summed E-state index contributed by atoms with van der Waals surface area (Å²) >= 11 is 0. The van der Waals surface area contributed by atoms with Crippen molar-refractivity contribution in [3.8, 4) is 0 Å². The lowest BCUT2D eigenvalue weighted by Crippen LogP contribution is -2.46. The molecule has 1 saturated heterocycles. The molecular formula is C16H30N2O. The van der Waals surface area contributed by atoms with E-state index in [2.05, 4.69) is 23.2 Å². The molecule has 110 valence electrons. The Bertz CT molecular complexity index is 290. The molecule has 2 heterocycles. The van der Waals surface area contributed by atoms with Gasteiger partial charge in [-0.05, 0) is 49.8 Å². The van der Waals surface area contributed by atoms with Gasteiger partial charge < -0.3 is 10.1 Å². The molecule has 0 unspecified atom stereocenters. The summed E-state index contributed by atoms with van der Waals surface area (Å²) in [5.74, 6) is 0. The first-order valence-electron chi connectivity index (χ1n) is 7.88. The second-order valence-corrected chi connectivity index (χ2v) is 6.28. The number of nitrogens with zero attached hydrogens (tertiary/aromatic N) is 1. The van der Waals surface area contributed by atoms with Gasteiger partial charge in [0.25, 0.3) is 0 Å². The largest absolute Gasteiger partial charge is 0.380 e. The molecule has 1 fully saturated rings. The average Bonchev–Trinajstić information content (AvgIpc) is 2.43. The molecule has 19 heavy (non-hydrogen) atoms. The zero-order valence-electron chi connectivity index (χ0n) is 12.7. The molecule has 3 heteroatoms. The van der Waals surface area contributed by atoms with Crippen molar-refractivity contribution in [2.24, 2.45) is 5.41 Å². The summed E-state index contributed by atoms with van der Waals surface area (Å²) < 4.78 is 5.23. The lowest BCUT2D eigenvalue weighted by atomic mass is 9.75. The second-order valence-electron chi connectivity index (χ2n) is 6.28. The number of piperidine rings is 1. The van der Waals surface area contributed by atoms with Crippen LogP contribution in [0, 0.1) is 5.41 Å². The van der Waals surface area contributed by atoms with Gasteiger partial charge in [-0.2, -0.15) is 0 Å². The van der Waals surface area contributed by atoms with E-state index in [9.17, 15) is 0 Å². The number of ether oxygens (including phenoxy) is 1. The van der Waals surface area contributed by atoms with Gasteiger partial charge in [0.15, 0.2) is 0 Å². The first kappa shape index (κ1) is 15.0. The van der Waals surface area contributed by atoms with Crippen LogP contribution in [0.4, 0.5) is 0 Å². The van der Waals surface area contributed by atoms with Gasteiger partial charge in [-0.15, -0.1) is 0 Å². The fraction of sp³-hybridized carbons (Fsp3) is 0.875. The summed E-state index contributed by atoms with van der Waals surface area (Å²) in [6.45, 7) is 9.19. The second kappa shape index (κ2) is 7.41. The van der Waals surface area contributed by atoms with Gasteiger partial charge in [0.1, 0.15) is 0 Å². The van der Waals surface area contributed by atoms with Crippen LogP contribution in [0.25, 0.3) is 0 Å². The van der Waals surface area contributed by atoms with Crippen molar-refractivity contribution < 1.29 is 4.74 Å². The maximum absolute atomic E-state index is 5.23. The van der Waals surface area contributed by atoms with Gasteiger partial charge >= 0.3 is 0 Å². The molecule has 0 aromatic rings. The Balaban J connectivity index is 1.88. The minimum Gasteiger partial charge on any atom is -0.380 e. The van der Waals surface area contributed by atoms with Gasteiger partial charge in [-0.1, -0.05) is 19.4 Å². The third-order valence-electron chi connectivity index (χ3n) is 4.72. The van der Waals surface area contributed by atoms with Crippen molar-refractivity contribution in [1.82, 2.24) is 10.2 Å². The topological polar surface area (TPSA) is 24.5 Å². The highest BCUT2D eigenvalue weighted by atomic mass is 16.5. The lowest BCUT2D eigenvalue weighted by molar-refractivity contribution is 0.104. The Morgan fingerprint density at radius 3 is 2.74 bits per heavy atom. The molecule has 0 aromatic heterocycles. The van der Waals surface area contributed by atoms with Crippen LogP contribution in [0.2, 0.25) is 0 Å². The monoisotopic (exact) mass is 266 g/mol. The Kier molecular flexibility index (Phi) is 5.86. The molecule has 0 amide bonds. The van der Waals surface area contributed by atoms with Crippen molar-refractivity contribution in [2.75, 3.05) is 46.4 Å². The Morgan fingerprint density at radius 2 is 2.16 bits per heavy atom. The lowest BCUT2D eigenvalue weighted by Gasteiger charge is -2.42. The van der Waals surface area contributed by atoms with Crippen molar-refractivity contribution in [2.45, 2.75) is 39.0 Å². The molecule has 1 N–H and O–H groups in total. The van der Waals surface area contributed by atoms with Gasteiger partial charge in [0.05, 0.1) is 6.61 Å². The first-order chi connectivity index (χ1) is 9.28. The summed E-state index contributed by atoms with van der Waals surface area (Å²) in [6.07, 6.45) is 8.98. The quantitative estimate of drug-likeness (QED) is 0.747. The van der Waals surface area contributed by atoms with E-state index in [-0.39, 0.29) is 0 Å². The van der Waals surface area contributed by atoms with E-state index in [1.165, 1.54) is 63.9 Å². The molecule has 0 spiro atoms. The zero-order valence-corrected chi connectivity index (χ0v) is 12.7. The van der Waals surface area contributed by atoms with Crippen molar-refractivity contribution in [3.05, 3.63) is 11.6 Å². The maximum atomic E-state index is 5.23. The zero-order chi connectivity index (χ0) is 13.6. The van der Waals surface area contributed by atoms with Gasteiger partial charge in [0, 0.05) is 26.7 Å². The molecule has 3 nitrogen and oxygen atoms in total. The maximum Gasteiger partial charge on any atom is 0.0673 e. The van der Waals surface area contributed by atoms with Crippen LogP contribution in [0.5, 0.6) is 0 Å². The minimum atomic E-state index is 0.576. The van der Waals surface area contributed by atoms with E-state index in [1.54, 1.807) is 7.11 Å². The molecule has 0 bridgehead atoms. The van der Waals surface area contributed by atoms with Crippen LogP contribution in [0.15, 0.2) is 11.6 Å². The number of nitrogens with one attached hydrogen (secondary N) is 1. The minimum absolute atomic E-state index is 0.576. The first-order valence-corrected chi connectivity index (χ1v) is 7.88. The summed E-state index contributed by atoms with van der Waals surface area (Å²) in [5.41, 5.74) is 2.06. The Morgan fingerprint density at radius 1 is 1.37 bits per heavy atom. The SMILES string of the molecule is CCCC1(CN2CC=C(COC)CC2)CCNCC1. The van der Waals surface area contributed by atoms with Crippen molar-refractivity contribution in [1.29, 1.82) is 0 Å². The molecule has 2 aliphatic rings. The Labute approximate surface area is 118 Å². The summed E-state index contributed by atoms with van der Waals surface area (Å²) in [5, 5.41) is 3.51. The molecular weight excluding hydrogens is 236 g/mol. The normalized spacial score (nSPS) is 24.2. The van der Waals surface area contributed by atoms with Gasteiger partial charge in [-0.3, -0.25) is 4.90 Å². The highest BCUT2D eigenvalue weighted by Crippen LogP contribution is 2.35.